The molecule has 1 aromatic heterocycles. The zero-order valence-electron chi connectivity index (χ0n) is 13.4. The van der Waals surface area contributed by atoms with E-state index >= 15 is 0 Å². The molecule has 124 valence electrons. The van der Waals surface area contributed by atoms with Crippen molar-refractivity contribution in [2.75, 3.05) is 6.54 Å². The van der Waals surface area contributed by atoms with E-state index in [-0.39, 0.29) is 10.8 Å². The first-order chi connectivity index (χ1) is 11.5. The predicted molar refractivity (Wildman–Crippen MR) is 90.8 cm³/mol. The second-order valence-corrected chi connectivity index (χ2v) is 7.09. The number of nitrogens with zero attached hydrogens (tertiary/aromatic N) is 2. The van der Waals surface area contributed by atoms with Crippen LogP contribution >= 0.6 is 0 Å². The highest BCUT2D eigenvalue weighted by Crippen LogP contribution is 2.24. The van der Waals surface area contributed by atoms with E-state index in [1.165, 1.54) is 12.1 Å². The van der Waals surface area contributed by atoms with E-state index in [4.69, 9.17) is 4.52 Å². The molecule has 0 saturated carbocycles. The van der Waals surface area contributed by atoms with Crippen molar-refractivity contribution in [2.24, 2.45) is 0 Å². The summed E-state index contributed by atoms with van der Waals surface area (Å²) in [7, 11) is -3.53. The van der Waals surface area contributed by atoms with E-state index in [1.807, 2.05) is 31.2 Å². The van der Waals surface area contributed by atoms with Gasteiger partial charge in [-0.2, -0.15) is 4.98 Å². The lowest BCUT2D eigenvalue weighted by atomic mass is 10.1. The monoisotopic (exact) mass is 343 g/mol. The summed E-state index contributed by atoms with van der Waals surface area (Å²) in [5.41, 5.74) is 2.54. The number of benzene rings is 2. The lowest BCUT2D eigenvalue weighted by molar-refractivity contribution is 0.432. The summed E-state index contributed by atoms with van der Waals surface area (Å²) >= 11 is 0. The minimum Gasteiger partial charge on any atom is -0.334 e. The summed E-state index contributed by atoms with van der Waals surface area (Å²) in [6, 6.07) is 14.2. The van der Waals surface area contributed by atoms with E-state index < -0.39 is 10.0 Å². The summed E-state index contributed by atoms with van der Waals surface area (Å²) in [6.45, 7) is 4.06. The Balaban J connectivity index is 1.95. The zero-order chi connectivity index (χ0) is 17.2. The van der Waals surface area contributed by atoms with Crippen LogP contribution in [0.4, 0.5) is 0 Å². The molecular weight excluding hydrogens is 326 g/mol. The largest absolute Gasteiger partial charge is 0.334 e. The fourth-order valence-electron chi connectivity index (χ4n) is 2.23. The van der Waals surface area contributed by atoms with E-state index in [2.05, 4.69) is 14.9 Å². The SMILES string of the molecule is CCNS(=O)(=O)c1cccc(-c2nc(-c3ccc(C)cc3)no2)c1. The molecule has 0 unspecified atom stereocenters. The Bertz CT molecular complexity index is 947. The van der Waals surface area contributed by atoms with E-state index in [9.17, 15) is 8.42 Å². The van der Waals surface area contributed by atoms with Gasteiger partial charge in [0.05, 0.1) is 4.90 Å². The molecule has 24 heavy (non-hydrogen) atoms. The minimum absolute atomic E-state index is 0.164. The highest BCUT2D eigenvalue weighted by atomic mass is 32.2. The number of sulfonamides is 1. The van der Waals surface area contributed by atoms with Crippen LogP contribution in [0.2, 0.25) is 0 Å². The average molecular weight is 343 g/mol. The third kappa shape index (κ3) is 3.37. The van der Waals surface area contributed by atoms with Crippen molar-refractivity contribution in [1.29, 1.82) is 0 Å². The third-order valence-corrected chi connectivity index (χ3v) is 5.00. The van der Waals surface area contributed by atoms with Crippen molar-refractivity contribution >= 4 is 10.0 Å². The summed E-state index contributed by atoms with van der Waals surface area (Å²) in [6.07, 6.45) is 0. The maximum absolute atomic E-state index is 12.1. The summed E-state index contributed by atoms with van der Waals surface area (Å²) < 4.78 is 31.9. The molecule has 0 radical (unpaired) electrons. The van der Waals surface area contributed by atoms with Gasteiger partial charge in [-0.25, -0.2) is 13.1 Å². The summed E-state index contributed by atoms with van der Waals surface area (Å²) in [4.78, 5) is 4.52. The van der Waals surface area contributed by atoms with E-state index in [0.717, 1.165) is 11.1 Å². The second kappa shape index (κ2) is 6.54. The molecule has 0 saturated heterocycles. The van der Waals surface area contributed by atoms with E-state index in [1.54, 1.807) is 19.1 Å². The molecule has 0 fully saturated rings. The lowest BCUT2D eigenvalue weighted by Gasteiger charge is -2.04. The van der Waals surface area contributed by atoms with Crippen molar-refractivity contribution in [3.63, 3.8) is 0 Å². The molecule has 0 bridgehead atoms. The molecule has 7 heteroatoms. The number of hydrogen-bond acceptors (Lipinski definition) is 5. The smallest absolute Gasteiger partial charge is 0.258 e. The van der Waals surface area contributed by atoms with Gasteiger partial charge in [-0.15, -0.1) is 0 Å². The van der Waals surface area contributed by atoms with Gasteiger partial charge in [0.1, 0.15) is 0 Å². The Morgan fingerprint density at radius 3 is 2.54 bits per heavy atom. The van der Waals surface area contributed by atoms with Gasteiger partial charge in [-0.3, -0.25) is 0 Å². The molecule has 3 aromatic rings. The summed E-state index contributed by atoms with van der Waals surface area (Å²) in [5.74, 6) is 0.740. The van der Waals surface area contributed by atoms with Crippen molar-refractivity contribution in [3.05, 3.63) is 54.1 Å². The van der Waals surface area contributed by atoms with Gasteiger partial charge < -0.3 is 4.52 Å². The van der Waals surface area contributed by atoms with Crippen molar-refractivity contribution in [3.8, 4) is 22.8 Å². The van der Waals surface area contributed by atoms with E-state index in [0.29, 0.717) is 17.9 Å². The number of hydrogen-bond donors (Lipinski definition) is 1. The Morgan fingerprint density at radius 1 is 1.08 bits per heavy atom. The zero-order valence-corrected chi connectivity index (χ0v) is 14.2. The highest BCUT2D eigenvalue weighted by Gasteiger charge is 2.16. The van der Waals surface area contributed by atoms with Gasteiger partial charge in [-0.1, -0.05) is 48.0 Å². The highest BCUT2D eigenvalue weighted by molar-refractivity contribution is 7.89. The quantitative estimate of drug-likeness (QED) is 0.770. The molecule has 0 aliphatic rings. The summed E-state index contributed by atoms with van der Waals surface area (Å²) in [5, 5.41) is 3.97. The molecule has 2 aromatic carbocycles. The maximum Gasteiger partial charge on any atom is 0.258 e. The molecule has 0 aliphatic heterocycles. The number of aromatic nitrogens is 2. The molecule has 1 heterocycles. The van der Waals surface area contributed by atoms with Crippen LogP contribution < -0.4 is 4.72 Å². The molecular formula is C17H17N3O3S. The van der Waals surface area contributed by atoms with Crippen LogP contribution in [0.15, 0.2) is 57.9 Å². The van der Waals surface area contributed by atoms with Gasteiger partial charge in [-0.05, 0) is 25.1 Å². The average Bonchev–Trinajstić information content (AvgIpc) is 3.06. The van der Waals surface area contributed by atoms with Crippen molar-refractivity contribution in [2.45, 2.75) is 18.7 Å². The molecule has 0 aliphatic carbocycles. The lowest BCUT2D eigenvalue weighted by Crippen LogP contribution is -2.23. The second-order valence-electron chi connectivity index (χ2n) is 5.32. The Labute approximate surface area is 140 Å². The Hall–Kier alpha value is -2.51. The van der Waals surface area contributed by atoms with Gasteiger partial charge in [0.2, 0.25) is 15.8 Å². The Kier molecular flexibility index (Phi) is 4.46. The Morgan fingerprint density at radius 2 is 1.83 bits per heavy atom. The topological polar surface area (TPSA) is 85.1 Å². The number of nitrogens with one attached hydrogen (secondary N) is 1. The van der Waals surface area contributed by atoms with Crippen LogP contribution in [-0.4, -0.2) is 25.1 Å². The van der Waals surface area contributed by atoms with Gasteiger partial charge in [0, 0.05) is 17.7 Å². The van der Waals surface area contributed by atoms with Crippen LogP contribution in [0.3, 0.4) is 0 Å². The molecule has 0 atom stereocenters. The fourth-order valence-corrected chi connectivity index (χ4v) is 3.32. The number of aryl methyl sites for hydroxylation is 1. The van der Waals surface area contributed by atoms with Crippen LogP contribution in [0, 0.1) is 6.92 Å². The van der Waals surface area contributed by atoms with Gasteiger partial charge >= 0.3 is 0 Å². The molecule has 6 nitrogen and oxygen atoms in total. The molecule has 0 amide bonds. The molecule has 1 N–H and O–H groups in total. The van der Waals surface area contributed by atoms with Crippen molar-refractivity contribution < 1.29 is 12.9 Å². The first-order valence-corrected chi connectivity index (χ1v) is 8.99. The fraction of sp³-hybridized carbons (Fsp3) is 0.176. The first kappa shape index (κ1) is 16.4. The van der Waals surface area contributed by atoms with Gasteiger partial charge in [0.25, 0.3) is 5.89 Å². The normalized spacial score (nSPS) is 11.6. The number of rotatable bonds is 5. The third-order valence-electron chi connectivity index (χ3n) is 3.46. The molecule has 0 spiro atoms. The first-order valence-electron chi connectivity index (χ1n) is 7.50. The standard InChI is InChI=1S/C17H17N3O3S/c1-3-18-24(21,22)15-6-4-5-14(11-15)17-19-16(20-23-17)13-9-7-12(2)8-10-13/h4-11,18H,3H2,1-2H3. The van der Waals surface area contributed by atoms with Crippen LogP contribution in [0.5, 0.6) is 0 Å². The van der Waals surface area contributed by atoms with Crippen LogP contribution in [0.25, 0.3) is 22.8 Å². The van der Waals surface area contributed by atoms with Gasteiger partial charge in [0.15, 0.2) is 0 Å². The van der Waals surface area contributed by atoms with Crippen LogP contribution in [-0.2, 0) is 10.0 Å². The van der Waals surface area contributed by atoms with Crippen LogP contribution in [0.1, 0.15) is 12.5 Å². The maximum atomic E-state index is 12.1. The predicted octanol–water partition coefficient (Wildman–Crippen LogP) is 3.01. The molecule has 3 rings (SSSR count). The minimum atomic E-state index is -3.53. The van der Waals surface area contributed by atoms with Crippen molar-refractivity contribution in [1.82, 2.24) is 14.9 Å².